The summed E-state index contributed by atoms with van der Waals surface area (Å²) in [6.07, 6.45) is 1.02. The average Bonchev–Trinajstić information content (AvgIpc) is 2.88. The molecule has 0 amide bonds. The van der Waals surface area contributed by atoms with Gasteiger partial charge in [0, 0.05) is 11.1 Å². The van der Waals surface area contributed by atoms with Crippen LogP contribution in [0.1, 0.15) is 43.9 Å². The molecule has 0 radical (unpaired) electrons. The van der Waals surface area contributed by atoms with Crippen LogP contribution in [0.5, 0.6) is 0 Å². The lowest BCUT2D eigenvalue weighted by atomic mass is 10.1. The molecule has 10 heteroatoms. The van der Waals surface area contributed by atoms with Crippen molar-refractivity contribution in [2.24, 2.45) is 0 Å². The molecule has 192 valence electrons. The normalized spacial score (nSPS) is 10.3. The molecule has 35 heavy (non-hydrogen) atoms. The quantitative estimate of drug-likeness (QED) is 0.187. The summed E-state index contributed by atoms with van der Waals surface area (Å²) in [5, 5.41) is 0. The Kier molecular flexibility index (Phi) is 11.8. The first-order chi connectivity index (χ1) is 16.4. The predicted octanol–water partition coefficient (Wildman–Crippen LogP) is 8.53. The highest BCUT2D eigenvalue weighted by atomic mass is 19.2. The van der Waals surface area contributed by atoms with Gasteiger partial charge in [-0.3, -0.25) is 0 Å². The summed E-state index contributed by atoms with van der Waals surface area (Å²) < 4.78 is 126. The van der Waals surface area contributed by atoms with Crippen molar-refractivity contribution in [3.8, 4) is 0 Å². The minimum Gasteiger partial charge on any atom is -0.203 e. The predicted molar refractivity (Wildman–Crippen MR) is 112 cm³/mol. The van der Waals surface area contributed by atoms with Crippen LogP contribution >= 0.6 is 0 Å². The number of hydrogen-bond donors (Lipinski definition) is 0. The van der Waals surface area contributed by atoms with E-state index in [0.29, 0.717) is 6.42 Å². The van der Waals surface area contributed by atoms with Gasteiger partial charge in [0.15, 0.2) is 46.5 Å². The molecule has 0 aliphatic carbocycles. The van der Waals surface area contributed by atoms with Crippen LogP contribution in [0.2, 0.25) is 0 Å². The summed E-state index contributed by atoms with van der Waals surface area (Å²) in [6.45, 7) is 5.05. The van der Waals surface area contributed by atoms with Crippen molar-refractivity contribution in [1.82, 2.24) is 0 Å². The summed E-state index contributed by atoms with van der Waals surface area (Å²) in [5.41, 5.74) is -0.118. The molecule has 0 aromatic heterocycles. The van der Waals surface area contributed by atoms with Gasteiger partial charge in [0.1, 0.15) is 0 Å². The lowest BCUT2D eigenvalue weighted by Gasteiger charge is -2.06. The molecule has 0 unspecified atom stereocenters. The van der Waals surface area contributed by atoms with Crippen molar-refractivity contribution in [2.75, 3.05) is 0 Å². The third-order valence-corrected chi connectivity index (χ3v) is 4.71. The highest BCUT2D eigenvalue weighted by Crippen LogP contribution is 2.24. The molecule has 3 rings (SSSR count). The first kappa shape index (κ1) is 30.0. The summed E-state index contributed by atoms with van der Waals surface area (Å²) in [7, 11) is 0. The Morgan fingerprint density at radius 2 is 0.771 bits per heavy atom. The second kappa shape index (κ2) is 13.7. The Morgan fingerprint density at radius 3 is 1.06 bits per heavy atom. The molecule has 0 aliphatic heterocycles. The fourth-order valence-corrected chi connectivity index (χ4v) is 2.79. The van der Waals surface area contributed by atoms with E-state index in [2.05, 4.69) is 31.2 Å². The summed E-state index contributed by atoms with van der Waals surface area (Å²) >= 11 is 0. The molecule has 0 saturated carbocycles. The molecular formula is C25H22F10. The van der Waals surface area contributed by atoms with E-state index in [4.69, 9.17) is 0 Å². The number of rotatable bonds is 4. The van der Waals surface area contributed by atoms with Gasteiger partial charge in [0.25, 0.3) is 0 Å². The number of hydrogen-bond acceptors (Lipinski definition) is 0. The van der Waals surface area contributed by atoms with Gasteiger partial charge in [-0.05, 0) is 24.8 Å². The van der Waals surface area contributed by atoms with Crippen LogP contribution in [0.3, 0.4) is 0 Å². The molecule has 3 aromatic rings. The monoisotopic (exact) mass is 512 g/mol. The standard InChI is InChI=1S/C9H7F5.C8H5F5.C8H10/c1-2-3-4-5(10)7(12)9(14)8(13)6(4)11;1-2-3-4(9)6(11)8(13)7(12)5(3)10;1-2-8-6-4-3-5-7-8/h2-3H2,1H3;2H2,1H3;3-7H,2H2,1H3. The number of aryl methyl sites for hydroxylation is 1. The van der Waals surface area contributed by atoms with E-state index in [9.17, 15) is 43.9 Å². The van der Waals surface area contributed by atoms with Crippen LogP contribution in [0, 0.1) is 58.2 Å². The minimum absolute atomic E-state index is 0.175. The van der Waals surface area contributed by atoms with E-state index >= 15 is 0 Å². The minimum atomic E-state index is -2.12. The fourth-order valence-electron chi connectivity index (χ4n) is 2.79. The Balaban J connectivity index is 0.000000272. The third kappa shape index (κ3) is 7.22. The van der Waals surface area contributed by atoms with Gasteiger partial charge in [-0.25, -0.2) is 43.9 Å². The van der Waals surface area contributed by atoms with E-state index in [1.165, 1.54) is 12.5 Å². The molecule has 0 spiro atoms. The van der Waals surface area contributed by atoms with Crippen LogP contribution in [-0.4, -0.2) is 0 Å². The maximum atomic E-state index is 12.9. The molecule has 0 nitrogen and oxygen atoms in total. The average molecular weight is 512 g/mol. The van der Waals surface area contributed by atoms with Gasteiger partial charge >= 0.3 is 0 Å². The van der Waals surface area contributed by atoms with Gasteiger partial charge in [-0.1, -0.05) is 57.5 Å². The highest BCUT2D eigenvalue weighted by Gasteiger charge is 2.25. The van der Waals surface area contributed by atoms with Gasteiger partial charge in [0.05, 0.1) is 0 Å². The van der Waals surface area contributed by atoms with Crippen molar-refractivity contribution in [3.05, 3.63) is 105 Å². The van der Waals surface area contributed by atoms with E-state index in [-0.39, 0.29) is 12.8 Å². The summed E-state index contributed by atoms with van der Waals surface area (Å²) in [4.78, 5) is 0. The van der Waals surface area contributed by atoms with E-state index in [1.54, 1.807) is 6.92 Å². The molecule has 0 N–H and O–H groups in total. The molecule has 0 aliphatic rings. The largest absolute Gasteiger partial charge is 0.203 e. The van der Waals surface area contributed by atoms with Crippen LogP contribution in [0.25, 0.3) is 0 Å². The van der Waals surface area contributed by atoms with Crippen LogP contribution in [0.15, 0.2) is 30.3 Å². The molecule has 0 atom stereocenters. The zero-order valence-electron chi connectivity index (χ0n) is 19.0. The third-order valence-electron chi connectivity index (χ3n) is 4.71. The van der Waals surface area contributed by atoms with Crippen LogP contribution < -0.4 is 0 Å². The Hall–Kier alpha value is -3.04. The second-order valence-electron chi connectivity index (χ2n) is 7.04. The zero-order chi connectivity index (χ0) is 26.9. The topological polar surface area (TPSA) is 0 Å². The van der Waals surface area contributed by atoms with Crippen molar-refractivity contribution < 1.29 is 43.9 Å². The summed E-state index contributed by atoms with van der Waals surface area (Å²) in [5.74, 6) is -18.7. The van der Waals surface area contributed by atoms with E-state index in [1.807, 2.05) is 6.07 Å². The van der Waals surface area contributed by atoms with Gasteiger partial charge < -0.3 is 0 Å². The lowest BCUT2D eigenvalue weighted by Crippen LogP contribution is -2.06. The number of halogens is 10. The first-order valence-corrected chi connectivity index (χ1v) is 10.5. The van der Waals surface area contributed by atoms with Gasteiger partial charge in [-0.15, -0.1) is 0 Å². The van der Waals surface area contributed by atoms with Gasteiger partial charge in [0.2, 0.25) is 11.6 Å². The molecular weight excluding hydrogens is 490 g/mol. The molecule has 0 saturated heterocycles. The van der Waals surface area contributed by atoms with Crippen molar-refractivity contribution in [3.63, 3.8) is 0 Å². The number of benzene rings is 3. The highest BCUT2D eigenvalue weighted by molar-refractivity contribution is 5.24. The van der Waals surface area contributed by atoms with Crippen molar-refractivity contribution in [2.45, 2.75) is 46.5 Å². The molecule has 0 fully saturated rings. The maximum Gasteiger partial charge on any atom is 0.200 e. The summed E-state index contributed by atoms with van der Waals surface area (Å²) in [6, 6.07) is 10.5. The second-order valence-corrected chi connectivity index (χ2v) is 7.04. The Bertz CT molecular complexity index is 1070. The van der Waals surface area contributed by atoms with Crippen LogP contribution in [-0.2, 0) is 19.3 Å². The first-order valence-electron chi connectivity index (χ1n) is 10.5. The molecule has 0 heterocycles. The molecule has 0 bridgehead atoms. The van der Waals surface area contributed by atoms with E-state index < -0.39 is 69.3 Å². The Labute approximate surface area is 196 Å². The molecule has 3 aromatic carbocycles. The van der Waals surface area contributed by atoms with Crippen molar-refractivity contribution >= 4 is 0 Å². The SMILES string of the molecule is CCCc1c(F)c(F)c(F)c(F)c1F.CCc1c(F)c(F)c(F)c(F)c1F.CCc1ccccc1. The maximum absolute atomic E-state index is 12.9. The lowest BCUT2D eigenvalue weighted by molar-refractivity contribution is 0.369. The Morgan fingerprint density at radius 1 is 0.429 bits per heavy atom. The fraction of sp³-hybridized carbons (Fsp3) is 0.280. The smallest absolute Gasteiger partial charge is 0.200 e. The van der Waals surface area contributed by atoms with Crippen LogP contribution in [0.4, 0.5) is 43.9 Å². The van der Waals surface area contributed by atoms with Crippen molar-refractivity contribution in [1.29, 1.82) is 0 Å². The van der Waals surface area contributed by atoms with E-state index in [0.717, 1.165) is 6.42 Å². The zero-order valence-corrected chi connectivity index (χ0v) is 19.0. The van der Waals surface area contributed by atoms with Gasteiger partial charge in [-0.2, -0.15) is 0 Å².